The zero-order valence-electron chi connectivity index (χ0n) is 8.21. The molecule has 3 N–H and O–H groups in total. The minimum atomic E-state index is -0.152. The fourth-order valence-electron chi connectivity index (χ4n) is 1.25. The van der Waals surface area contributed by atoms with E-state index in [9.17, 15) is 4.79 Å². The number of carbonyl (C=O) groups is 1. The van der Waals surface area contributed by atoms with Crippen molar-refractivity contribution in [2.75, 3.05) is 12.3 Å². The van der Waals surface area contributed by atoms with Crippen molar-refractivity contribution in [3.63, 3.8) is 0 Å². The van der Waals surface area contributed by atoms with E-state index in [1.807, 2.05) is 19.1 Å². The van der Waals surface area contributed by atoms with Crippen LogP contribution in [-0.4, -0.2) is 12.5 Å². The number of amides is 1. The number of anilines is 1. The number of benzene rings is 1. The van der Waals surface area contributed by atoms with Gasteiger partial charge in [0.05, 0.1) is 5.56 Å². The Bertz CT molecular complexity index is 338. The summed E-state index contributed by atoms with van der Waals surface area (Å²) in [4.78, 5) is 11.6. The monoisotopic (exact) mass is 190 g/mol. The number of carbonyl (C=O) groups excluding carboxylic acids is 1. The summed E-state index contributed by atoms with van der Waals surface area (Å²) in [6, 6.07) is 5.41. The van der Waals surface area contributed by atoms with Crippen molar-refractivity contribution in [3.05, 3.63) is 42.0 Å². The molecule has 14 heavy (non-hydrogen) atoms. The highest BCUT2D eigenvalue weighted by atomic mass is 16.1. The Labute approximate surface area is 83.6 Å². The van der Waals surface area contributed by atoms with Gasteiger partial charge in [-0.2, -0.15) is 0 Å². The molecular formula is C11H14N2O. The molecule has 1 rings (SSSR count). The Morgan fingerprint density at radius 2 is 2.36 bits per heavy atom. The molecular weight excluding hydrogens is 176 g/mol. The molecule has 3 nitrogen and oxygen atoms in total. The van der Waals surface area contributed by atoms with Crippen molar-refractivity contribution < 1.29 is 4.79 Å². The third kappa shape index (κ3) is 2.13. The molecule has 0 unspecified atom stereocenters. The van der Waals surface area contributed by atoms with Gasteiger partial charge in [-0.25, -0.2) is 0 Å². The van der Waals surface area contributed by atoms with Crippen LogP contribution in [0.15, 0.2) is 30.9 Å². The highest BCUT2D eigenvalue weighted by Crippen LogP contribution is 2.15. The Morgan fingerprint density at radius 3 is 2.93 bits per heavy atom. The second-order valence-corrected chi connectivity index (χ2v) is 3.04. The van der Waals surface area contributed by atoms with Gasteiger partial charge in [0.15, 0.2) is 0 Å². The third-order valence-electron chi connectivity index (χ3n) is 1.94. The fraction of sp³-hybridized carbons (Fsp3) is 0.182. The average Bonchev–Trinajstić information content (AvgIpc) is 2.14. The van der Waals surface area contributed by atoms with Crippen molar-refractivity contribution in [3.8, 4) is 0 Å². The van der Waals surface area contributed by atoms with E-state index in [0.29, 0.717) is 17.8 Å². The summed E-state index contributed by atoms with van der Waals surface area (Å²) in [5.74, 6) is -0.152. The third-order valence-corrected chi connectivity index (χ3v) is 1.94. The maximum absolute atomic E-state index is 11.6. The summed E-state index contributed by atoms with van der Waals surface area (Å²) in [5.41, 5.74) is 7.64. The molecule has 0 saturated heterocycles. The zero-order valence-corrected chi connectivity index (χ0v) is 8.21. The Hall–Kier alpha value is -1.77. The maximum atomic E-state index is 11.6. The van der Waals surface area contributed by atoms with Crippen molar-refractivity contribution in [2.24, 2.45) is 0 Å². The maximum Gasteiger partial charge on any atom is 0.253 e. The second-order valence-electron chi connectivity index (χ2n) is 3.04. The lowest BCUT2D eigenvalue weighted by atomic mass is 10.1. The highest BCUT2D eigenvalue weighted by molar-refractivity contribution is 6.00. The van der Waals surface area contributed by atoms with E-state index in [0.717, 1.165) is 5.56 Å². The van der Waals surface area contributed by atoms with Crippen molar-refractivity contribution in [1.82, 2.24) is 5.32 Å². The van der Waals surface area contributed by atoms with Gasteiger partial charge in [-0.1, -0.05) is 18.2 Å². The van der Waals surface area contributed by atoms with Crippen LogP contribution in [0.2, 0.25) is 0 Å². The van der Waals surface area contributed by atoms with Gasteiger partial charge in [0.25, 0.3) is 5.91 Å². The van der Waals surface area contributed by atoms with Gasteiger partial charge in [-0.3, -0.25) is 4.79 Å². The normalized spacial score (nSPS) is 9.50. The van der Waals surface area contributed by atoms with E-state index in [1.54, 1.807) is 12.1 Å². The Morgan fingerprint density at radius 1 is 1.64 bits per heavy atom. The predicted molar refractivity (Wildman–Crippen MR) is 58.1 cm³/mol. The van der Waals surface area contributed by atoms with Crippen LogP contribution in [0.3, 0.4) is 0 Å². The number of aryl methyl sites for hydroxylation is 1. The van der Waals surface area contributed by atoms with Crippen LogP contribution in [0.5, 0.6) is 0 Å². The van der Waals surface area contributed by atoms with Gasteiger partial charge >= 0.3 is 0 Å². The summed E-state index contributed by atoms with van der Waals surface area (Å²) < 4.78 is 0. The fourth-order valence-corrected chi connectivity index (χ4v) is 1.25. The first-order valence-corrected chi connectivity index (χ1v) is 4.41. The summed E-state index contributed by atoms with van der Waals surface area (Å²) in [7, 11) is 0. The van der Waals surface area contributed by atoms with Gasteiger partial charge in [-0.05, 0) is 18.6 Å². The van der Waals surface area contributed by atoms with Crippen molar-refractivity contribution in [1.29, 1.82) is 0 Å². The van der Waals surface area contributed by atoms with Crippen LogP contribution in [0, 0.1) is 6.92 Å². The number of nitrogen functional groups attached to an aromatic ring is 1. The van der Waals surface area contributed by atoms with Crippen molar-refractivity contribution >= 4 is 11.6 Å². The summed E-state index contributed by atoms with van der Waals surface area (Å²) in [6.45, 7) is 5.84. The SMILES string of the molecule is C=CCNC(=O)c1c(C)cccc1N. The Kier molecular flexibility index (Phi) is 3.29. The van der Waals surface area contributed by atoms with Crippen LogP contribution in [0.25, 0.3) is 0 Å². The predicted octanol–water partition coefficient (Wildman–Crippen LogP) is 1.49. The van der Waals surface area contributed by atoms with Crippen LogP contribution >= 0.6 is 0 Å². The number of rotatable bonds is 3. The molecule has 0 aliphatic rings. The topological polar surface area (TPSA) is 55.1 Å². The largest absolute Gasteiger partial charge is 0.398 e. The molecule has 74 valence electrons. The lowest BCUT2D eigenvalue weighted by molar-refractivity contribution is 0.0958. The summed E-state index contributed by atoms with van der Waals surface area (Å²) >= 11 is 0. The van der Waals surface area contributed by atoms with E-state index in [4.69, 9.17) is 5.73 Å². The molecule has 0 atom stereocenters. The molecule has 0 saturated carbocycles. The van der Waals surface area contributed by atoms with Crippen molar-refractivity contribution in [2.45, 2.75) is 6.92 Å². The van der Waals surface area contributed by atoms with Crippen LogP contribution in [-0.2, 0) is 0 Å². The number of hydrogen-bond acceptors (Lipinski definition) is 2. The number of nitrogens with one attached hydrogen (secondary N) is 1. The molecule has 1 aromatic carbocycles. The molecule has 0 fully saturated rings. The molecule has 1 amide bonds. The van der Waals surface area contributed by atoms with Crippen LogP contribution < -0.4 is 11.1 Å². The first kappa shape index (κ1) is 10.3. The quantitative estimate of drug-likeness (QED) is 0.560. The minimum absolute atomic E-state index is 0.152. The first-order chi connectivity index (χ1) is 6.66. The van der Waals surface area contributed by atoms with Gasteiger partial charge in [0, 0.05) is 12.2 Å². The van der Waals surface area contributed by atoms with E-state index in [2.05, 4.69) is 11.9 Å². The molecule has 0 spiro atoms. The molecule has 0 heterocycles. The summed E-state index contributed by atoms with van der Waals surface area (Å²) in [6.07, 6.45) is 1.63. The molecule has 0 aliphatic heterocycles. The van der Waals surface area contributed by atoms with Gasteiger partial charge in [-0.15, -0.1) is 6.58 Å². The molecule has 0 radical (unpaired) electrons. The molecule has 0 bridgehead atoms. The minimum Gasteiger partial charge on any atom is -0.398 e. The lowest BCUT2D eigenvalue weighted by Crippen LogP contribution is -2.25. The Balaban J connectivity index is 2.94. The van der Waals surface area contributed by atoms with Crippen LogP contribution in [0.1, 0.15) is 15.9 Å². The second kappa shape index (κ2) is 4.46. The summed E-state index contributed by atoms with van der Waals surface area (Å²) in [5, 5.41) is 2.69. The molecule has 0 aromatic heterocycles. The van der Waals surface area contributed by atoms with Gasteiger partial charge in [0.1, 0.15) is 0 Å². The van der Waals surface area contributed by atoms with E-state index in [1.165, 1.54) is 0 Å². The first-order valence-electron chi connectivity index (χ1n) is 4.41. The van der Waals surface area contributed by atoms with Gasteiger partial charge < -0.3 is 11.1 Å². The standard InChI is InChI=1S/C11H14N2O/c1-3-7-13-11(14)10-8(2)5-4-6-9(10)12/h3-6H,1,7,12H2,2H3,(H,13,14). The average molecular weight is 190 g/mol. The zero-order chi connectivity index (χ0) is 10.6. The molecule has 0 aliphatic carbocycles. The molecule has 3 heteroatoms. The highest BCUT2D eigenvalue weighted by Gasteiger charge is 2.10. The van der Waals surface area contributed by atoms with E-state index < -0.39 is 0 Å². The smallest absolute Gasteiger partial charge is 0.253 e. The lowest BCUT2D eigenvalue weighted by Gasteiger charge is -2.08. The number of nitrogens with two attached hydrogens (primary N) is 1. The van der Waals surface area contributed by atoms with E-state index in [-0.39, 0.29) is 5.91 Å². The van der Waals surface area contributed by atoms with Gasteiger partial charge in [0.2, 0.25) is 0 Å². The molecule has 1 aromatic rings. The van der Waals surface area contributed by atoms with Crippen LogP contribution in [0.4, 0.5) is 5.69 Å². The van der Waals surface area contributed by atoms with E-state index >= 15 is 0 Å². The number of hydrogen-bond donors (Lipinski definition) is 2.